The lowest BCUT2D eigenvalue weighted by Crippen LogP contribution is -2.47. The van der Waals surface area contributed by atoms with E-state index in [9.17, 15) is 22.8 Å². The number of halogens is 3. The summed E-state index contributed by atoms with van der Waals surface area (Å²) in [6.45, 7) is 11.8. The number of nitrogens with two attached hydrogens (primary N) is 1. The average Bonchev–Trinajstić information content (AvgIpc) is 3.13. The van der Waals surface area contributed by atoms with Gasteiger partial charge in [0.05, 0.1) is 36.9 Å². The van der Waals surface area contributed by atoms with Crippen molar-refractivity contribution in [2.24, 2.45) is 10.7 Å². The van der Waals surface area contributed by atoms with Gasteiger partial charge < -0.3 is 15.4 Å². The first-order chi connectivity index (χ1) is 17.1. The number of alkyl halides is 3. The molecule has 3 rings (SSSR count). The van der Waals surface area contributed by atoms with Gasteiger partial charge in [-0.05, 0) is 37.1 Å². The van der Waals surface area contributed by atoms with Crippen molar-refractivity contribution in [1.29, 1.82) is 0 Å². The number of aliphatic imine (C=N–C) groups is 1. The second kappa shape index (κ2) is 12.5. The van der Waals surface area contributed by atoms with Crippen molar-refractivity contribution in [1.82, 2.24) is 9.80 Å². The molecule has 1 aromatic carbocycles. The molecule has 36 heavy (non-hydrogen) atoms. The summed E-state index contributed by atoms with van der Waals surface area (Å²) >= 11 is 0. The molecule has 2 unspecified atom stereocenters. The lowest BCUT2D eigenvalue weighted by atomic mass is 10.0. The first kappa shape index (κ1) is 28.8. The molecular formula is C26H33F3N4O3. The molecule has 0 spiro atoms. The maximum absolute atomic E-state index is 13.7. The Morgan fingerprint density at radius 3 is 2.61 bits per heavy atom. The fraction of sp³-hybridized carbons (Fsp3) is 0.423. The molecule has 7 nitrogen and oxygen atoms in total. The molecule has 0 radical (unpaired) electrons. The van der Waals surface area contributed by atoms with Gasteiger partial charge in [0.1, 0.15) is 0 Å². The van der Waals surface area contributed by atoms with E-state index >= 15 is 0 Å². The van der Waals surface area contributed by atoms with Crippen LogP contribution in [0.4, 0.5) is 13.2 Å². The van der Waals surface area contributed by atoms with Gasteiger partial charge in [0, 0.05) is 6.54 Å². The highest BCUT2D eigenvalue weighted by Crippen LogP contribution is 2.34. The maximum Gasteiger partial charge on any atom is 0.417 e. The van der Waals surface area contributed by atoms with Gasteiger partial charge in [0.2, 0.25) is 0 Å². The van der Waals surface area contributed by atoms with Crippen LogP contribution in [0, 0.1) is 0 Å². The Hall–Kier alpha value is -3.40. The van der Waals surface area contributed by atoms with Crippen LogP contribution >= 0.6 is 0 Å². The van der Waals surface area contributed by atoms with Crippen molar-refractivity contribution in [3.63, 3.8) is 0 Å². The zero-order valence-corrected chi connectivity index (χ0v) is 21.0. The molecule has 1 fully saturated rings. The molecule has 0 bridgehead atoms. The van der Waals surface area contributed by atoms with E-state index in [-0.39, 0.29) is 38.3 Å². The Morgan fingerprint density at radius 1 is 1.33 bits per heavy atom. The minimum absolute atomic E-state index is 0.0576. The SMILES string of the molecule is C=C/C(=C\C=C/C)C1N=C(N)N(Cc2ccc(C(F)(F)F)c(C(=O)N3CCOCC3C)c2)C1=O.CC. The molecule has 0 saturated carbocycles. The van der Waals surface area contributed by atoms with Crippen LogP contribution in [0.5, 0.6) is 0 Å². The highest BCUT2D eigenvalue weighted by Gasteiger charge is 2.39. The molecule has 2 amide bonds. The molecule has 2 atom stereocenters. The summed E-state index contributed by atoms with van der Waals surface area (Å²) in [5.41, 5.74) is 5.32. The van der Waals surface area contributed by atoms with Crippen LogP contribution in [0.3, 0.4) is 0 Å². The van der Waals surface area contributed by atoms with E-state index in [1.165, 1.54) is 28.0 Å². The number of morpholine rings is 1. The highest BCUT2D eigenvalue weighted by atomic mass is 19.4. The smallest absolute Gasteiger partial charge is 0.377 e. The minimum Gasteiger partial charge on any atom is -0.377 e. The van der Waals surface area contributed by atoms with E-state index in [0.29, 0.717) is 11.1 Å². The second-order valence-corrected chi connectivity index (χ2v) is 8.01. The number of nitrogens with zero attached hydrogens (tertiary/aromatic N) is 3. The number of guanidine groups is 1. The number of carbonyl (C=O) groups is 2. The maximum atomic E-state index is 13.7. The summed E-state index contributed by atoms with van der Waals surface area (Å²) in [4.78, 5) is 32.8. The van der Waals surface area contributed by atoms with Gasteiger partial charge in [-0.25, -0.2) is 4.99 Å². The molecule has 2 N–H and O–H groups in total. The third-order valence-corrected chi connectivity index (χ3v) is 5.66. The molecule has 0 aromatic heterocycles. The summed E-state index contributed by atoms with van der Waals surface area (Å²) in [6, 6.07) is 2.01. The van der Waals surface area contributed by atoms with Gasteiger partial charge in [-0.2, -0.15) is 13.2 Å². The largest absolute Gasteiger partial charge is 0.417 e. The van der Waals surface area contributed by atoms with E-state index in [2.05, 4.69) is 11.6 Å². The molecule has 1 saturated heterocycles. The molecule has 2 aliphatic heterocycles. The predicted molar refractivity (Wildman–Crippen MR) is 133 cm³/mol. The van der Waals surface area contributed by atoms with Crippen molar-refractivity contribution in [2.75, 3.05) is 19.8 Å². The van der Waals surface area contributed by atoms with Gasteiger partial charge in [-0.3, -0.25) is 14.5 Å². The Bertz CT molecular complexity index is 1060. The van der Waals surface area contributed by atoms with Crippen molar-refractivity contribution >= 4 is 17.8 Å². The number of amides is 2. The van der Waals surface area contributed by atoms with E-state index in [0.717, 1.165) is 6.07 Å². The molecule has 1 aromatic rings. The quantitative estimate of drug-likeness (QED) is 0.583. The lowest BCUT2D eigenvalue weighted by molar-refractivity contribution is -0.138. The van der Waals surface area contributed by atoms with Gasteiger partial charge in [0.15, 0.2) is 12.0 Å². The minimum atomic E-state index is -4.72. The third-order valence-electron chi connectivity index (χ3n) is 5.66. The summed E-state index contributed by atoms with van der Waals surface area (Å²) in [5.74, 6) is -1.22. The Labute approximate surface area is 209 Å². The Morgan fingerprint density at radius 2 is 2.03 bits per heavy atom. The summed E-state index contributed by atoms with van der Waals surface area (Å²) in [7, 11) is 0. The second-order valence-electron chi connectivity index (χ2n) is 8.01. The van der Waals surface area contributed by atoms with Gasteiger partial charge >= 0.3 is 6.18 Å². The number of rotatable bonds is 6. The zero-order valence-electron chi connectivity index (χ0n) is 21.0. The molecule has 10 heteroatoms. The van der Waals surface area contributed by atoms with Gasteiger partial charge in [0.25, 0.3) is 11.8 Å². The predicted octanol–water partition coefficient (Wildman–Crippen LogP) is 4.31. The third kappa shape index (κ3) is 6.42. The van der Waals surface area contributed by atoms with Crippen LogP contribution in [-0.2, 0) is 22.3 Å². The van der Waals surface area contributed by atoms with Crippen molar-refractivity contribution < 1.29 is 27.5 Å². The number of carbonyl (C=O) groups excluding carboxylic acids is 2. The van der Waals surface area contributed by atoms with Crippen LogP contribution in [0.25, 0.3) is 0 Å². The summed E-state index contributed by atoms with van der Waals surface area (Å²) < 4.78 is 46.4. The Kier molecular flexibility index (Phi) is 10.0. The fourth-order valence-electron chi connectivity index (χ4n) is 3.85. The van der Waals surface area contributed by atoms with E-state index in [4.69, 9.17) is 10.5 Å². The van der Waals surface area contributed by atoms with Crippen LogP contribution in [0.2, 0.25) is 0 Å². The van der Waals surface area contributed by atoms with Gasteiger partial charge in [-0.1, -0.05) is 50.8 Å². The van der Waals surface area contributed by atoms with Crippen molar-refractivity contribution in [3.8, 4) is 0 Å². The highest BCUT2D eigenvalue weighted by molar-refractivity contribution is 6.06. The monoisotopic (exact) mass is 506 g/mol. The standard InChI is InChI=1S/C24H27F3N4O3.C2H6/c1-4-6-7-17(5-2)20-22(33)31(23(28)29-20)13-16-8-9-19(24(25,26)27)18(12-16)21(32)30-10-11-34-14-15(30)3;1-2/h4-9,12,15,20H,2,10-11,13-14H2,1,3H3,(H2,28,29);1-2H3/b6-4-,17-7+;. The van der Waals surface area contributed by atoms with Crippen molar-refractivity contribution in [3.05, 3.63) is 71.3 Å². The van der Waals surface area contributed by atoms with Crippen LogP contribution < -0.4 is 5.73 Å². The molecule has 2 heterocycles. The van der Waals surface area contributed by atoms with E-state index in [1.807, 2.05) is 20.8 Å². The lowest BCUT2D eigenvalue weighted by Gasteiger charge is -2.34. The number of hydrogen-bond acceptors (Lipinski definition) is 5. The van der Waals surface area contributed by atoms with Crippen molar-refractivity contribution in [2.45, 2.75) is 52.5 Å². The van der Waals surface area contributed by atoms with E-state index in [1.54, 1.807) is 25.2 Å². The average molecular weight is 507 g/mol. The van der Waals surface area contributed by atoms with Crippen LogP contribution in [-0.4, -0.2) is 59.4 Å². The Balaban J connectivity index is 0.00000222. The number of benzene rings is 1. The molecule has 0 aliphatic carbocycles. The first-order valence-electron chi connectivity index (χ1n) is 11.8. The van der Waals surface area contributed by atoms with E-state index < -0.39 is 35.2 Å². The normalized spacial score (nSPS) is 20.8. The van der Waals surface area contributed by atoms with Crippen LogP contribution in [0.15, 0.2) is 59.6 Å². The summed E-state index contributed by atoms with van der Waals surface area (Å²) in [6.07, 6.45) is 1.99. The number of hydrogen-bond donors (Lipinski definition) is 1. The first-order valence-corrected chi connectivity index (χ1v) is 11.8. The summed E-state index contributed by atoms with van der Waals surface area (Å²) in [5, 5.41) is 0. The fourth-order valence-corrected chi connectivity index (χ4v) is 3.85. The number of allylic oxidation sites excluding steroid dienone is 3. The van der Waals surface area contributed by atoms with Crippen LogP contribution in [0.1, 0.15) is 49.2 Å². The topological polar surface area (TPSA) is 88.2 Å². The zero-order chi connectivity index (χ0) is 27.0. The molecule has 2 aliphatic rings. The number of ether oxygens (including phenoxy) is 1. The molecular weight excluding hydrogens is 473 g/mol. The van der Waals surface area contributed by atoms with Gasteiger partial charge in [-0.15, -0.1) is 0 Å². The molecule has 196 valence electrons.